The Bertz CT molecular complexity index is 253. The van der Waals surface area contributed by atoms with Gasteiger partial charge in [-0.2, -0.15) is 0 Å². The number of rotatable bonds is 3. The summed E-state index contributed by atoms with van der Waals surface area (Å²) >= 11 is 0. The number of amides is 1. The molecule has 0 bridgehead atoms. The van der Waals surface area contributed by atoms with Crippen LogP contribution in [-0.4, -0.2) is 36.5 Å². The van der Waals surface area contributed by atoms with Crippen LogP contribution in [0.25, 0.3) is 0 Å². The minimum Gasteiger partial charge on any atom is -0.462 e. The third kappa shape index (κ3) is 2.74. The molecule has 4 heteroatoms. The molecule has 1 saturated carbocycles. The summed E-state index contributed by atoms with van der Waals surface area (Å²) in [6.07, 6.45) is 6.78. The Balaban J connectivity index is 1.73. The summed E-state index contributed by atoms with van der Waals surface area (Å²) in [5, 5.41) is 0. The first-order chi connectivity index (χ1) is 7.79. The van der Waals surface area contributed by atoms with E-state index in [4.69, 9.17) is 4.74 Å². The second-order valence-corrected chi connectivity index (χ2v) is 4.76. The number of carbonyl (C=O) groups excluding carboxylic acids is 2. The lowest BCUT2D eigenvalue weighted by atomic mass is 10.1. The van der Waals surface area contributed by atoms with Crippen molar-refractivity contribution in [3.63, 3.8) is 0 Å². The van der Waals surface area contributed by atoms with E-state index in [9.17, 15) is 9.59 Å². The van der Waals surface area contributed by atoms with Gasteiger partial charge in [0.25, 0.3) is 0 Å². The summed E-state index contributed by atoms with van der Waals surface area (Å²) in [6.45, 7) is 1.43. The Labute approximate surface area is 95.9 Å². The van der Waals surface area contributed by atoms with Crippen molar-refractivity contribution in [3.8, 4) is 0 Å². The predicted molar refractivity (Wildman–Crippen MR) is 58.7 cm³/mol. The van der Waals surface area contributed by atoms with Crippen LogP contribution in [0.2, 0.25) is 0 Å². The highest BCUT2D eigenvalue weighted by atomic mass is 16.5. The molecule has 1 heterocycles. The molecule has 2 fully saturated rings. The summed E-state index contributed by atoms with van der Waals surface area (Å²) in [5.74, 6) is 0.131. The molecule has 0 radical (unpaired) electrons. The highest BCUT2D eigenvalue weighted by molar-refractivity contribution is 5.72. The lowest BCUT2D eigenvalue weighted by molar-refractivity contribution is -0.156. The van der Waals surface area contributed by atoms with Gasteiger partial charge < -0.3 is 9.64 Å². The molecule has 2 aliphatic rings. The van der Waals surface area contributed by atoms with Crippen molar-refractivity contribution in [2.24, 2.45) is 5.92 Å². The van der Waals surface area contributed by atoms with Crippen LogP contribution in [0.4, 0.5) is 0 Å². The first-order valence-electron chi connectivity index (χ1n) is 6.19. The smallest absolute Gasteiger partial charge is 0.309 e. The third-order valence-electron chi connectivity index (χ3n) is 3.60. The molecule has 90 valence electrons. The summed E-state index contributed by atoms with van der Waals surface area (Å²) in [5.41, 5.74) is 0. The van der Waals surface area contributed by atoms with E-state index in [0.717, 1.165) is 44.9 Å². The van der Waals surface area contributed by atoms with Gasteiger partial charge in [0.1, 0.15) is 6.10 Å². The van der Waals surface area contributed by atoms with E-state index >= 15 is 0 Å². The van der Waals surface area contributed by atoms with Crippen LogP contribution in [0.3, 0.4) is 0 Å². The molecule has 1 amide bonds. The zero-order valence-corrected chi connectivity index (χ0v) is 9.56. The zero-order chi connectivity index (χ0) is 11.4. The number of hydrogen-bond donors (Lipinski definition) is 0. The Morgan fingerprint density at radius 1 is 1.12 bits per heavy atom. The van der Waals surface area contributed by atoms with Crippen molar-refractivity contribution >= 4 is 12.4 Å². The molecule has 0 aromatic heterocycles. The molecular weight excluding hydrogens is 206 g/mol. The summed E-state index contributed by atoms with van der Waals surface area (Å²) in [4.78, 5) is 24.0. The van der Waals surface area contributed by atoms with Gasteiger partial charge in [-0.25, -0.2) is 0 Å². The quantitative estimate of drug-likeness (QED) is 0.538. The topological polar surface area (TPSA) is 46.6 Å². The van der Waals surface area contributed by atoms with E-state index in [2.05, 4.69) is 0 Å². The normalized spacial score (nSPS) is 23.4. The van der Waals surface area contributed by atoms with Crippen LogP contribution in [0.15, 0.2) is 0 Å². The SMILES string of the molecule is O=CN1CCC(OC(=O)C2CCCC2)CC1. The Morgan fingerprint density at radius 3 is 2.31 bits per heavy atom. The van der Waals surface area contributed by atoms with E-state index in [1.54, 1.807) is 4.90 Å². The third-order valence-corrected chi connectivity index (χ3v) is 3.60. The molecule has 0 aromatic rings. The van der Waals surface area contributed by atoms with Gasteiger partial charge in [-0.3, -0.25) is 9.59 Å². The highest BCUT2D eigenvalue weighted by Crippen LogP contribution is 2.27. The predicted octanol–water partition coefficient (Wildman–Crippen LogP) is 1.34. The van der Waals surface area contributed by atoms with Crippen molar-refractivity contribution in [3.05, 3.63) is 0 Å². The molecule has 2 rings (SSSR count). The van der Waals surface area contributed by atoms with E-state index in [-0.39, 0.29) is 18.0 Å². The maximum atomic E-state index is 11.8. The number of piperidine rings is 1. The van der Waals surface area contributed by atoms with Crippen LogP contribution in [0.1, 0.15) is 38.5 Å². The fraction of sp³-hybridized carbons (Fsp3) is 0.833. The lowest BCUT2D eigenvalue weighted by Gasteiger charge is -2.29. The maximum absolute atomic E-state index is 11.8. The summed E-state index contributed by atoms with van der Waals surface area (Å²) in [6, 6.07) is 0. The molecule has 1 aliphatic heterocycles. The second-order valence-electron chi connectivity index (χ2n) is 4.76. The van der Waals surface area contributed by atoms with Gasteiger partial charge in [-0.1, -0.05) is 12.8 Å². The molecule has 16 heavy (non-hydrogen) atoms. The molecular formula is C12H19NO3. The van der Waals surface area contributed by atoms with Crippen LogP contribution < -0.4 is 0 Å². The number of ether oxygens (including phenoxy) is 1. The van der Waals surface area contributed by atoms with Crippen LogP contribution in [0.5, 0.6) is 0 Å². The van der Waals surface area contributed by atoms with Crippen LogP contribution in [0, 0.1) is 5.92 Å². The van der Waals surface area contributed by atoms with Gasteiger partial charge >= 0.3 is 5.97 Å². The largest absolute Gasteiger partial charge is 0.462 e. The Kier molecular flexibility index (Phi) is 3.80. The maximum Gasteiger partial charge on any atom is 0.309 e. The summed E-state index contributed by atoms with van der Waals surface area (Å²) < 4.78 is 5.49. The van der Waals surface area contributed by atoms with Gasteiger partial charge in [-0.15, -0.1) is 0 Å². The molecule has 0 unspecified atom stereocenters. The molecule has 0 spiro atoms. The number of nitrogens with zero attached hydrogens (tertiary/aromatic N) is 1. The molecule has 1 saturated heterocycles. The zero-order valence-electron chi connectivity index (χ0n) is 9.56. The minimum atomic E-state index is -0.0120. The van der Waals surface area contributed by atoms with E-state index in [0.29, 0.717) is 13.1 Å². The molecule has 0 aromatic carbocycles. The van der Waals surface area contributed by atoms with Gasteiger partial charge in [-0.05, 0) is 12.8 Å². The van der Waals surface area contributed by atoms with Crippen molar-refractivity contribution in [2.45, 2.75) is 44.6 Å². The molecule has 0 atom stereocenters. The van der Waals surface area contributed by atoms with Crippen molar-refractivity contribution in [1.29, 1.82) is 0 Å². The second kappa shape index (κ2) is 5.32. The Morgan fingerprint density at radius 2 is 1.75 bits per heavy atom. The van der Waals surface area contributed by atoms with Crippen LogP contribution >= 0.6 is 0 Å². The number of hydrogen-bond acceptors (Lipinski definition) is 3. The average molecular weight is 225 g/mol. The van der Waals surface area contributed by atoms with Crippen molar-refractivity contribution in [2.75, 3.05) is 13.1 Å². The van der Waals surface area contributed by atoms with E-state index in [1.807, 2.05) is 0 Å². The average Bonchev–Trinajstić information content (AvgIpc) is 2.83. The van der Waals surface area contributed by atoms with Gasteiger partial charge in [0.2, 0.25) is 6.41 Å². The van der Waals surface area contributed by atoms with E-state index < -0.39 is 0 Å². The number of esters is 1. The number of carbonyl (C=O) groups is 2. The molecule has 1 aliphatic carbocycles. The standard InChI is InChI=1S/C12H19NO3/c14-9-13-7-5-11(6-8-13)16-12(15)10-3-1-2-4-10/h9-11H,1-8H2. The minimum absolute atomic E-state index is 0.0120. The monoisotopic (exact) mass is 225 g/mol. The molecule has 4 nitrogen and oxygen atoms in total. The Hall–Kier alpha value is -1.06. The molecule has 0 N–H and O–H groups in total. The van der Waals surface area contributed by atoms with Gasteiger partial charge in [0.15, 0.2) is 0 Å². The highest BCUT2D eigenvalue weighted by Gasteiger charge is 2.28. The lowest BCUT2D eigenvalue weighted by Crippen LogP contribution is -2.37. The summed E-state index contributed by atoms with van der Waals surface area (Å²) in [7, 11) is 0. The van der Waals surface area contributed by atoms with E-state index in [1.165, 1.54) is 0 Å². The van der Waals surface area contributed by atoms with Crippen molar-refractivity contribution < 1.29 is 14.3 Å². The first kappa shape index (κ1) is 11.4. The number of likely N-dealkylation sites (tertiary alicyclic amines) is 1. The fourth-order valence-electron chi connectivity index (χ4n) is 2.52. The van der Waals surface area contributed by atoms with Gasteiger partial charge in [0, 0.05) is 25.9 Å². The van der Waals surface area contributed by atoms with Gasteiger partial charge in [0.05, 0.1) is 5.92 Å². The van der Waals surface area contributed by atoms with Crippen molar-refractivity contribution in [1.82, 2.24) is 4.90 Å². The van der Waals surface area contributed by atoms with Crippen LogP contribution in [-0.2, 0) is 14.3 Å². The fourth-order valence-corrected chi connectivity index (χ4v) is 2.52. The first-order valence-corrected chi connectivity index (χ1v) is 6.19.